The summed E-state index contributed by atoms with van der Waals surface area (Å²) in [6.07, 6.45) is 0.760. The lowest BCUT2D eigenvalue weighted by atomic mass is 9.89. The molecule has 2 unspecified atom stereocenters. The van der Waals surface area contributed by atoms with Gasteiger partial charge in [0, 0.05) is 33.5 Å². The first-order chi connectivity index (χ1) is 8.11. The summed E-state index contributed by atoms with van der Waals surface area (Å²) < 4.78 is 5.87. The lowest BCUT2D eigenvalue weighted by Gasteiger charge is -2.28. The summed E-state index contributed by atoms with van der Waals surface area (Å²) in [5.74, 6) is 0.166. The molecule has 1 aliphatic heterocycles. The lowest BCUT2D eigenvalue weighted by molar-refractivity contribution is 0.0200. The Kier molecular flexibility index (Phi) is 4.37. The number of rotatable bonds is 3. The van der Waals surface area contributed by atoms with Crippen LogP contribution in [0.5, 0.6) is 0 Å². The molecule has 5 heteroatoms. The van der Waals surface area contributed by atoms with Crippen molar-refractivity contribution in [2.45, 2.75) is 12.0 Å². The molecule has 0 amide bonds. The molecule has 0 aliphatic carbocycles. The van der Waals surface area contributed by atoms with Crippen LogP contribution in [0.15, 0.2) is 18.2 Å². The second-order valence-electron chi connectivity index (χ2n) is 4.32. The van der Waals surface area contributed by atoms with Gasteiger partial charge in [-0.15, -0.1) is 0 Å². The average molecular weight is 340 g/mol. The van der Waals surface area contributed by atoms with Crippen molar-refractivity contribution in [2.24, 2.45) is 5.92 Å². The Morgan fingerprint density at radius 2 is 2.24 bits per heavy atom. The molecular formula is C12H13BrCl2O2. The smallest absolute Gasteiger partial charge is 0.105 e. The number of ether oxygens (including phenoxy) is 1. The predicted molar refractivity (Wildman–Crippen MR) is 73.1 cm³/mol. The first-order valence-electron chi connectivity index (χ1n) is 5.37. The number of aliphatic hydroxyl groups excluding tert-OH is 1. The second kappa shape index (κ2) is 5.45. The van der Waals surface area contributed by atoms with Crippen LogP contribution in [0, 0.1) is 5.92 Å². The Balaban J connectivity index is 2.35. The molecule has 0 radical (unpaired) electrons. The maximum absolute atomic E-state index is 9.20. The quantitative estimate of drug-likeness (QED) is 0.852. The molecule has 2 rings (SSSR count). The molecule has 2 atom stereocenters. The fourth-order valence-electron chi connectivity index (χ4n) is 2.19. The van der Waals surface area contributed by atoms with Crippen molar-refractivity contribution in [2.75, 3.05) is 18.5 Å². The molecule has 1 heterocycles. The van der Waals surface area contributed by atoms with Gasteiger partial charge in [-0.05, 0) is 18.6 Å². The van der Waals surface area contributed by atoms with Crippen LogP contribution >= 0.6 is 39.1 Å². The van der Waals surface area contributed by atoms with E-state index < -0.39 is 5.60 Å². The Labute approximate surface area is 119 Å². The van der Waals surface area contributed by atoms with Crippen LogP contribution < -0.4 is 0 Å². The van der Waals surface area contributed by atoms with Crippen molar-refractivity contribution in [1.29, 1.82) is 0 Å². The number of halogens is 3. The molecule has 2 nitrogen and oxygen atoms in total. The maximum Gasteiger partial charge on any atom is 0.105 e. The van der Waals surface area contributed by atoms with E-state index in [9.17, 15) is 5.11 Å². The van der Waals surface area contributed by atoms with Crippen LogP contribution in [0.25, 0.3) is 0 Å². The number of aliphatic hydroxyl groups is 1. The molecule has 1 N–H and O–H groups in total. The second-order valence-corrected chi connectivity index (χ2v) is 5.72. The number of hydrogen-bond acceptors (Lipinski definition) is 2. The third-order valence-electron chi connectivity index (χ3n) is 3.11. The van der Waals surface area contributed by atoms with Gasteiger partial charge in [-0.3, -0.25) is 0 Å². The summed E-state index contributed by atoms with van der Waals surface area (Å²) in [6.45, 7) is 0.695. The molecule has 94 valence electrons. The van der Waals surface area contributed by atoms with E-state index in [-0.39, 0.29) is 12.5 Å². The van der Waals surface area contributed by atoms with Gasteiger partial charge in [-0.1, -0.05) is 45.2 Å². The fourth-order valence-corrected chi connectivity index (χ4v) is 3.46. The molecule has 0 spiro atoms. The molecule has 0 aromatic heterocycles. The highest BCUT2D eigenvalue weighted by Gasteiger charge is 2.42. The van der Waals surface area contributed by atoms with Crippen molar-refractivity contribution < 1.29 is 9.84 Å². The Morgan fingerprint density at radius 3 is 2.76 bits per heavy atom. The summed E-state index contributed by atoms with van der Waals surface area (Å²) in [7, 11) is 0. The topological polar surface area (TPSA) is 29.5 Å². The standard InChI is InChI=1S/C12H13BrCl2O2/c13-7-12(4-8(5-16)6-17-12)10-2-1-9(14)3-11(10)15/h1-3,8,16H,4-7H2. The van der Waals surface area contributed by atoms with Crippen LogP contribution in [0.1, 0.15) is 12.0 Å². The number of benzene rings is 1. The normalized spacial score (nSPS) is 28.6. The first kappa shape index (κ1) is 13.6. The van der Waals surface area contributed by atoms with Gasteiger partial charge < -0.3 is 9.84 Å². The molecule has 0 saturated carbocycles. The molecule has 1 aromatic rings. The Morgan fingerprint density at radius 1 is 1.47 bits per heavy atom. The van der Waals surface area contributed by atoms with Crippen LogP contribution in [0.4, 0.5) is 0 Å². The summed E-state index contributed by atoms with van der Waals surface area (Å²) in [5.41, 5.74) is 0.478. The largest absolute Gasteiger partial charge is 0.396 e. The van der Waals surface area contributed by atoms with E-state index in [1.54, 1.807) is 6.07 Å². The highest BCUT2D eigenvalue weighted by Crippen LogP contribution is 2.43. The van der Waals surface area contributed by atoms with Gasteiger partial charge >= 0.3 is 0 Å². The van der Waals surface area contributed by atoms with Crippen molar-refractivity contribution in [3.63, 3.8) is 0 Å². The minimum atomic E-state index is -0.449. The highest BCUT2D eigenvalue weighted by atomic mass is 79.9. The Hall–Kier alpha value is 0.200. The van der Waals surface area contributed by atoms with E-state index in [4.69, 9.17) is 27.9 Å². The predicted octanol–water partition coefficient (Wildman–Crippen LogP) is 3.61. The minimum absolute atomic E-state index is 0.139. The molecule has 0 bridgehead atoms. The van der Waals surface area contributed by atoms with Gasteiger partial charge in [0.2, 0.25) is 0 Å². The number of hydrogen-bond donors (Lipinski definition) is 1. The number of alkyl halides is 1. The molecule has 1 aromatic carbocycles. The Bertz CT molecular complexity index is 413. The average Bonchev–Trinajstić information content (AvgIpc) is 2.74. The van der Waals surface area contributed by atoms with Crippen molar-refractivity contribution in [1.82, 2.24) is 0 Å². The third-order valence-corrected chi connectivity index (χ3v) is 4.56. The summed E-state index contributed by atoms with van der Waals surface area (Å²) in [6, 6.07) is 5.42. The monoisotopic (exact) mass is 338 g/mol. The van der Waals surface area contributed by atoms with Gasteiger partial charge in [0.15, 0.2) is 0 Å². The van der Waals surface area contributed by atoms with Gasteiger partial charge in [0.05, 0.1) is 6.61 Å². The minimum Gasteiger partial charge on any atom is -0.396 e. The van der Waals surface area contributed by atoms with Crippen LogP contribution in [0.3, 0.4) is 0 Å². The van der Waals surface area contributed by atoms with Crippen molar-refractivity contribution in [3.05, 3.63) is 33.8 Å². The van der Waals surface area contributed by atoms with Crippen LogP contribution in [0.2, 0.25) is 10.0 Å². The molecule has 1 fully saturated rings. The SMILES string of the molecule is OCC1COC(CBr)(c2ccc(Cl)cc2Cl)C1. The van der Waals surface area contributed by atoms with Gasteiger partial charge in [-0.2, -0.15) is 0 Å². The van der Waals surface area contributed by atoms with Crippen LogP contribution in [-0.2, 0) is 10.3 Å². The van der Waals surface area contributed by atoms with E-state index in [1.165, 1.54) is 0 Å². The maximum atomic E-state index is 9.20. The van der Waals surface area contributed by atoms with Gasteiger partial charge in [0.1, 0.15) is 5.60 Å². The molecule has 1 aliphatic rings. The van der Waals surface area contributed by atoms with E-state index in [0.717, 1.165) is 12.0 Å². The van der Waals surface area contributed by atoms with E-state index >= 15 is 0 Å². The van der Waals surface area contributed by atoms with Crippen molar-refractivity contribution in [3.8, 4) is 0 Å². The zero-order valence-electron chi connectivity index (χ0n) is 9.13. The summed E-state index contributed by atoms with van der Waals surface area (Å²) in [5, 5.41) is 11.1. The van der Waals surface area contributed by atoms with E-state index in [2.05, 4.69) is 15.9 Å². The van der Waals surface area contributed by atoms with E-state index in [0.29, 0.717) is 22.0 Å². The molecular weight excluding hydrogens is 327 g/mol. The first-order valence-corrected chi connectivity index (χ1v) is 7.25. The third kappa shape index (κ3) is 2.64. The van der Waals surface area contributed by atoms with Gasteiger partial charge in [-0.25, -0.2) is 0 Å². The van der Waals surface area contributed by atoms with E-state index in [1.807, 2.05) is 12.1 Å². The summed E-state index contributed by atoms with van der Waals surface area (Å²) in [4.78, 5) is 0. The lowest BCUT2D eigenvalue weighted by Crippen LogP contribution is -2.27. The van der Waals surface area contributed by atoms with Gasteiger partial charge in [0.25, 0.3) is 0 Å². The zero-order chi connectivity index (χ0) is 12.5. The highest BCUT2D eigenvalue weighted by molar-refractivity contribution is 9.09. The van der Waals surface area contributed by atoms with Crippen LogP contribution in [-0.4, -0.2) is 23.7 Å². The van der Waals surface area contributed by atoms with Crippen molar-refractivity contribution >= 4 is 39.1 Å². The fraction of sp³-hybridized carbons (Fsp3) is 0.500. The zero-order valence-corrected chi connectivity index (χ0v) is 12.2. The summed E-state index contributed by atoms with van der Waals surface area (Å²) >= 11 is 15.6. The molecule has 17 heavy (non-hydrogen) atoms. The molecule has 1 saturated heterocycles.